The van der Waals surface area contributed by atoms with Gasteiger partial charge in [0.1, 0.15) is 11.4 Å². The van der Waals surface area contributed by atoms with Crippen molar-refractivity contribution in [2.75, 3.05) is 5.32 Å². The summed E-state index contributed by atoms with van der Waals surface area (Å²) in [5, 5.41) is 13.0. The highest BCUT2D eigenvalue weighted by Crippen LogP contribution is 2.48. The second-order valence-corrected chi connectivity index (χ2v) is 6.31. The van der Waals surface area contributed by atoms with Gasteiger partial charge in [0.15, 0.2) is 0 Å². The monoisotopic (exact) mass is 398 g/mol. The third kappa shape index (κ3) is 2.70. The molecule has 1 aliphatic heterocycles. The zero-order chi connectivity index (χ0) is 15.0. The minimum atomic E-state index is 0.455. The van der Waals surface area contributed by atoms with Gasteiger partial charge in [-0.3, -0.25) is 0 Å². The van der Waals surface area contributed by atoms with Gasteiger partial charge in [0.25, 0.3) is 0 Å². The van der Waals surface area contributed by atoms with E-state index in [4.69, 9.17) is 28.5 Å². The number of benzene rings is 2. The van der Waals surface area contributed by atoms with Crippen LogP contribution >= 0.6 is 39.1 Å². The second kappa shape index (κ2) is 5.78. The van der Waals surface area contributed by atoms with Crippen LogP contribution in [0.3, 0.4) is 0 Å². The number of nitrogens with one attached hydrogen (secondary N) is 1. The number of fused-ring (bicyclic) bond motifs is 1. The van der Waals surface area contributed by atoms with Crippen LogP contribution in [-0.2, 0) is 11.4 Å². The zero-order valence-corrected chi connectivity index (χ0v) is 14.1. The van der Waals surface area contributed by atoms with Crippen LogP contribution in [0.25, 0.3) is 0 Å². The standard InChI is InChI=1S/C13H5BrCl2N4S/c14-7-3-6(5-17)1-2-10(7)18-11-8(15)4-9(16)12-13(11)20-21-19-12/h1-4,18H. The van der Waals surface area contributed by atoms with Crippen molar-refractivity contribution in [3.05, 3.63) is 44.3 Å². The third-order valence-corrected chi connectivity index (χ3v) is 4.57. The molecule has 0 aliphatic carbocycles. The van der Waals surface area contributed by atoms with Crippen LogP contribution in [-0.4, -0.2) is 0 Å². The predicted octanol–water partition coefficient (Wildman–Crippen LogP) is 6.10. The molecule has 3 rings (SSSR count). The van der Waals surface area contributed by atoms with Crippen molar-refractivity contribution in [1.82, 2.24) is 0 Å². The van der Waals surface area contributed by atoms with E-state index in [1.807, 2.05) is 0 Å². The predicted molar refractivity (Wildman–Crippen MR) is 90.1 cm³/mol. The molecule has 0 fully saturated rings. The van der Waals surface area contributed by atoms with Gasteiger partial charge in [0.05, 0.1) is 44.4 Å². The average Bonchev–Trinajstić information content (AvgIpc) is 2.94. The zero-order valence-electron chi connectivity index (χ0n) is 10.2. The molecule has 0 saturated heterocycles. The number of hydrogen-bond acceptors (Lipinski definition) is 4. The van der Waals surface area contributed by atoms with E-state index >= 15 is 0 Å². The summed E-state index contributed by atoms with van der Waals surface area (Å²) in [6.45, 7) is 0. The number of rotatable bonds is 2. The molecule has 1 N–H and O–H groups in total. The van der Waals surface area contributed by atoms with Crippen LogP contribution in [0.5, 0.6) is 0 Å². The Bertz CT molecular complexity index is 869. The van der Waals surface area contributed by atoms with E-state index in [0.717, 1.165) is 21.5 Å². The Kier molecular flexibility index (Phi) is 4.00. The summed E-state index contributed by atoms with van der Waals surface area (Å²) in [6.07, 6.45) is 0. The Balaban J connectivity index is 2.06. The lowest BCUT2D eigenvalue weighted by Gasteiger charge is -2.13. The fourth-order valence-electron chi connectivity index (χ4n) is 1.81. The molecule has 4 nitrogen and oxygen atoms in total. The number of nitriles is 1. The molecule has 0 atom stereocenters. The maximum atomic E-state index is 8.89. The normalized spacial score (nSPS) is 11.7. The first kappa shape index (κ1) is 14.5. The van der Waals surface area contributed by atoms with E-state index < -0.39 is 0 Å². The van der Waals surface area contributed by atoms with Gasteiger partial charge in [0, 0.05) is 4.47 Å². The minimum Gasteiger partial charge on any atom is -0.352 e. The van der Waals surface area contributed by atoms with Crippen LogP contribution in [0.4, 0.5) is 22.7 Å². The van der Waals surface area contributed by atoms with Crippen molar-refractivity contribution in [2.45, 2.75) is 0 Å². The largest absolute Gasteiger partial charge is 0.352 e. The molecule has 1 aliphatic rings. The Labute approximate surface area is 142 Å². The molecule has 2 aromatic carbocycles. The van der Waals surface area contributed by atoms with Crippen molar-refractivity contribution < 1.29 is 0 Å². The number of hydrogen-bond donors (Lipinski definition) is 1. The van der Waals surface area contributed by atoms with Crippen LogP contribution in [0, 0.1) is 11.3 Å². The van der Waals surface area contributed by atoms with E-state index in [0.29, 0.717) is 32.7 Å². The maximum absolute atomic E-state index is 8.89. The Morgan fingerprint density at radius 1 is 1.14 bits per heavy atom. The van der Waals surface area contributed by atoms with E-state index in [1.54, 1.807) is 24.3 Å². The SMILES string of the molecule is N#Cc1ccc(Nc2c(Cl)cc(Cl)c3c2N=S=N3)c(Br)c1. The van der Waals surface area contributed by atoms with Gasteiger partial charge < -0.3 is 5.32 Å². The van der Waals surface area contributed by atoms with Crippen molar-refractivity contribution in [2.24, 2.45) is 8.73 Å². The summed E-state index contributed by atoms with van der Waals surface area (Å²) in [7, 11) is 0. The van der Waals surface area contributed by atoms with E-state index in [1.165, 1.54) is 0 Å². The third-order valence-electron chi connectivity index (χ3n) is 2.80. The molecule has 2 aromatic rings. The number of halogens is 3. The van der Waals surface area contributed by atoms with Gasteiger partial charge in [-0.1, -0.05) is 23.2 Å². The highest BCUT2D eigenvalue weighted by Gasteiger charge is 2.19. The molecule has 0 bridgehead atoms. The molecule has 1 heterocycles. The number of nitrogens with zero attached hydrogens (tertiary/aromatic N) is 3. The molecule has 0 aromatic heterocycles. The van der Waals surface area contributed by atoms with E-state index in [9.17, 15) is 0 Å². The Hall–Kier alpha value is -1.39. The van der Waals surface area contributed by atoms with Crippen molar-refractivity contribution in [3.63, 3.8) is 0 Å². The molecule has 0 radical (unpaired) electrons. The summed E-state index contributed by atoms with van der Waals surface area (Å²) < 4.78 is 9.14. The molecule has 8 heteroatoms. The first-order valence-corrected chi connectivity index (χ1v) is 7.95. The number of anilines is 2. The smallest absolute Gasteiger partial charge is 0.131 e. The summed E-state index contributed by atoms with van der Waals surface area (Å²) in [5.41, 5.74) is 3.20. The Morgan fingerprint density at radius 3 is 2.62 bits per heavy atom. The fraction of sp³-hybridized carbons (Fsp3) is 0. The molecule has 104 valence electrons. The quantitative estimate of drug-likeness (QED) is 0.565. The van der Waals surface area contributed by atoms with Crippen LogP contribution in [0.2, 0.25) is 10.0 Å². The van der Waals surface area contributed by atoms with Crippen molar-refractivity contribution in [3.8, 4) is 6.07 Å². The summed E-state index contributed by atoms with van der Waals surface area (Å²) >= 11 is 16.8. The first-order valence-electron chi connectivity index (χ1n) is 5.67. The molecule has 21 heavy (non-hydrogen) atoms. The molecule has 0 unspecified atom stereocenters. The molecule has 0 saturated carbocycles. The Morgan fingerprint density at radius 2 is 1.90 bits per heavy atom. The molecular weight excluding hydrogens is 395 g/mol. The van der Waals surface area contributed by atoms with Gasteiger partial charge in [-0.25, -0.2) is 0 Å². The molecular formula is C13H5BrCl2N4S. The van der Waals surface area contributed by atoms with Gasteiger partial charge in [-0.2, -0.15) is 14.0 Å². The average molecular weight is 400 g/mol. The minimum absolute atomic E-state index is 0.455. The van der Waals surface area contributed by atoms with Crippen LogP contribution < -0.4 is 5.32 Å². The summed E-state index contributed by atoms with van der Waals surface area (Å²) in [6, 6.07) is 8.94. The second-order valence-electron chi connectivity index (χ2n) is 4.11. The molecule has 0 spiro atoms. The topological polar surface area (TPSA) is 60.5 Å². The lowest BCUT2D eigenvalue weighted by Crippen LogP contribution is -1.94. The van der Waals surface area contributed by atoms with Crippen LogP contribution in [0.1, 0.15) is 5.56 Å². The van der Waals surface area contributed by atoms with Gasteiger partial charge in [-0.05, 0) is 40.2 Å². The maximum Gasteiger partial charge on any atom is 0.131 e. The summed E-state index contributed by atoms with van der Waals surface area (Å²) in [5.74, 6) is 0. The van der Waals surface area contributed by atoms with E-state index in [2.05, 4.69) is 36.0 Å². The van der Waals surface area contributed by atoms with Crippen molar-refractivity contribution in [1.29, 1.82) is 5.26 Å². The van der Waals surface area contributed by atoms with Gasteiger partial charge >= 0.3 is 0 Å². The van der Waals surface area contributed by atoms with Crippen LogP contribution in [0.15, 0.2) is 37.5 Å². The lowest BCUT2D eigenvalue weighted by atomic mass is 10.2. The highest BCUT2D eigenvalue weighted by atomic mass is 79.9. The first-order chi connectivity index (χ1) is 10.1. The summed E-state index contributed by atoms with van der Waals surface area (Å²) in [4.78, 5) is 0. The fourth-order valence-corrected chi connectivity index (χ4v) is 3.45. The van der Waals surface area contributed by atoms with Crippen molar-refractivity contribution >= 4 is 73.2 Å². The highest BCUT2D eigenvalue weighted by molar-refractivity contribution is 9.10. The molecule has 0 amide bonds. The van der Waals surface area contributed by atoms with Gasteiger partial charge in [-0.15, -0.1) is 0 Å². The van der Waals surface area contributed by atoms with Gasteiger partial charge in [0.2, 0.25) is 0 Å². The van der Waals surface area contributed by atoms with E-state index in [-0.39, 0.29) is 0 Å². The lowest BCUT2D eigenvalue weighted by molar-refractivity contribution is 1.45.